The van der Waals surface area contributed by atoms with Crippen molar-refractivity contribution in [3.63, 3.8) is 0 Å². The van der Waals surface area contributed by atoms with Crippen LogP contribution in [0.5, 0.6) is 5.75 Å². The first kappa shape index (κ1) is 13.5. The standard InChI is InChI=1S/C14H13N3O3/c1-20-12-4-2-3-11(7-12)17-14-15-8-10(9-16-14)5-6-13(18)19/h2-9H,1H3,(H,18,19)(H,15,16,17)/b6-5+. The monoisotopic (exact) mass is 271 g/mol. The highest BCUT2D eigenvalue weighted by molar-refractivity contribution is 5.85. The van der Waals surface area contributed by atoms with Gasteiger partial charge >= 0.3 is 5.97 Å². The first-order chi connectivity index (χ1) is 9.67. The highest BCUT2D eigenvalue weighted by Gasteiger charge is 1.99. The maximum Gasteiger partial charge on any atom is 0.328 e. The summed E-state index contributed by atoms with van der Waals surface area (Å²) in [5.41, 5.74) is 1.42. The van der Waals surface area contributed by atoms with Crippen LogP contribution in [0.25, 0.3) is 6.08 Å². The molecule has 102 valence electrons. The van der Waals surface area contributed by atoms with Crippen molar-refractivity contribution in [1.82, 2.24) is 9.97 Å². The van der Waals surface area contributed by atoms with Crippen LogP contribution in [0.4, 0.5) is 11.6 Å². The van der Waals surface area contributed by atoms with Gasteiger partial charge in [-0.25, -0.2) is 14.8 Å². The summed E-state index contributed by atoms with van der Waals surface area (Å²) in [4.78, 5) is 18.6. The van der Waals surface area contributed by atoms with E-state index >= 15 is 0 Å². The number of aliphatic carboxylic acids is 1. The third-order valence-electron chi connectivity index (χ3n) is 2.42. The highest BCUT2D eigenvalue weighted by atomic mass is 16.5. The van der Waals surface area contributed by atoms with Crippen LogP contribution in [0.3, 0.4) is 0 Å². The van der Waals surface area contributed by atoms with E-state index < -0.39 is 5.97 Å². The number of ether oxygens (including phenoxy) is 1. The molecule has 1 aromatic carbocycles. The van der Waals surface area contributed by atoms with Crippen molar-refractivity contribution < 1.29 is 14.6 Å². The van der Waals surface area contributed by atoms with E-state index in [1.54, 1.807) is 7.11 Å². The number of methoxy groups -OCH3 is 1. The van der Waals surface area contributed by atoms with Gasteiger partial charge in [-0.1, -0.05) is 6.07 Å². The minimum absolute atomic E-state index is 0.422. The van der Waals surface area contributed by atoms with Gasteiger partial charge in [0.15, 0.2) is 0 Å². The van der Waals surface area contributed by atoms with Crippen molar-refractivity contribution in [2.75, 3.05) is 12.4 Å². The van der Waals surface area contributed by atoms with Gasteiger partial charge in [-0.05, 0) is 18.2 Å². The second-order valence-electron chi connectivity index (χ2n) is 3.87. The summed E-state index contributed by atoms with van der Waals surface area (Å²) < 4.78 is 5.12. The van der Waals surface area contributed by atoms with Gasteiger partial charge < -0.3 is 15.2 Å². The molecule has 0 aliphatic carbocycles. The fourth-order valence-corrected chi connectivity index (χ4v) is 1.49. The molecular formula is C14H13N3O3. The first-order valence-corrected chi connectivity index (χ1v) is 5.81. The van der Waals surface area contributed by atoms with Crippen molar-refractivity contribution in [2.24, 2.45) is 0 Å². The van der Waals surface area contributed by atoms with Gasteiger partial charge in [0.25, 0.3) is 0 Å². The van der Waals surface area contributed by atoms with Crippen LogP contribution in [0, 0.1) is 0 Å². The second-order valence-corrected chi connectivity index (χ2v) is 3.87. The fraction of sp³-hybridized carbons (Fsp3) is 0.0714. The minimum atomic E-state index is -1.01. The smallest absolute Gasteiger partial charge is 0.328 e. The van der Waals surface area contributed by atoms with Crippen LogP contribution >= 0.6 is 0 Å². The lowest BCUT2D eigenvalue weighted by atomic mass is 10.3. The maximum absolute atomic E-state index is 10.4. The molecule has 1 aromatic heterocycles. The Kier molecular flexibility index (Phi) is 4.28. The number of aromatic nitrogens is 2. The van der Waals surface area contributed by atoms with Gasteiger partial charge in [0.05, 0.1) is 7.11 Å². The number of benzene rings is 1. The summed E-state index contributed by atoms with van der Waals surface area (Å²) in [7, 11) is 1.60. The summed E-state index contributed by atoms with van der Waals surface area (Å²) in [6, 6.07) is 7.38. The van der Waals surface area contributed by atoms with Crippen LogP contribution in [-0.2, 0) is 4.79 Å². The van der Waals surface area contributed by atoms with Crippen LogP contribution in [0.1, 0.15) is 5.56 Å². The van der Waals surface area contributed by atoms with E-state index in [1.807, 2.05) is 24.3 Å². The normalized spacial score (nSPS) is 10.4. The molecule has 6 nitrogen and oxygen atoms in total. The Morgan fingerprint density at radius 3 is 2.75 bits per heavy atom. The Bertz CT molecular complexity index is 624. The average molecular weight is 271 g/mol. The molecule has 0 bridgehead atoms. The molecule has 0 amide bonds. The Morgan fingerprint density at radius 1 is 1.35 bits per heavy atom. The van der Waals surface area contributed by atoms with Crippen molar-refractivity contribution in [2.45, 2.75) is 0 Å². The third-order valence-corrected chi connectivity index (χ3v) is 2.42. The molecule has 2 rings (SSSR count). The number of nitrogens with one attached hydrogen (secondary N) is 1. The Hall–Kier alpha value is -2.89. The molecule has 0 aliphatic rings. The van der Waals surface area contributed by atoms with E-state index in [9.17, 15) is 4.79 Å². The Balaban J connectivity index is 2.08. The highest BCUT2D eigenvalue weighted by Crippen LogP contribution is 2.19. The van der Waals surface area contributed by atoms with Gasteiger partial charge in [0, 0.05) is 35.8 Å². The third kappa shape index (κ3) is 3.81. The van der Waals surface area contributed by atoms with Gasteiger partial charge in [-0.15, -0.1) is 0 Å². The number of anilines is 2. The second kappa shape index (κ2) is 6.33. The van der Waals surface area contributed by atoms with E-state index in [2.05, 4.69) is 15.3 Å². The van der Waals surface area contributed by atoms with E-state index in [1.165, 1.54) is 18.5 Å². The quantitative estimate of drug-likeness (QED) is 0.812. The molecule has 2 N–H and O–H groups in total. The first-order valence-electron chi connectivity index (χ1n) is 5.81. The molecule has 1 heterocycles. The SMILES string of the molecule is COc1cccc(Nc2ncc(/C=C/C(=O)O)cn2)c1. The molecule has 0 saturated carbocycles. The van der Waals surface area contributed by atoms with Crippen LogP contribution < -0.4 is 10.1 Å². The lowest BCUT2D eigenvalue weighted by Crippen LogP contribution is -1.97. The van der Waals surface area contributed by atoms with Gasteiger partial charge in [-0.2, -0.15) is 0 Å². The summed E-state index contributed by atoms with van der Waals surface area (Å²) in [6.07, 6.45) is 5.54. The molecule has 6 heteroatoms. The maximum atomic E-state index is 10.4. The van der Waals surface area contributed by atoms with Gasteiger partial charge in [-0.3, -0.25) is 0 Å². The van der Waals surface area contributed by atoms with Crippen molar-refractivity contribution >= 4 is 23.7 Å². The molecule has 0 saturated heterocycles. The van der Waals surface area contributed by atoms with Crippen molar-refractivity contribution in [1.29, 1.82) is 0 Å². The van der Waals surface area contributed by atoms with Crippen molar-refractivity contribution in [3.8, 4) is 5.75 Å². The van der Waals surface area contributed by atoms with E-state index in [0.717, 1.165) is 17.5 Å². The minimum Gasteiger partial charge on any atom is -0.497 e. The lowest BCUT2D eigenvalue weighted by molar-refractivity contribution is -0.131. The fourth-order valence-electron chi connectivity index (χ4n) is 1.49. The molecule has 20 heavy (non-hydrogen) atoms. The molecule has 0 radical (unpaired) electrons. The van der Waals surface area contributed by atoms with Crippen LogP contribution in [0.15, 0.2) is 42.7 Å². The molecule has 0 unspecified atom stereocenters. The largest absolute Gasteiger partial charge is 0.497 e. The lowest BCUT2D eigenvalue weighted by Gasteiger charge is -2.06. The van der Waals surface area contributed by atoms with E-state index in [4.69, 9.17) is 9.84 Å². The summed E-state index contributed by atoms with van der Waals surface area (Å²) in [6.45, 7) is 0. The number of carboxylic acid groups (broad SMARTS) is 1. The predicted octanol–water partition coefficient (Wildman–Crippen LogP) is 2.33. The summed E-state index contributed by atoms with van der Waals surface area (Å²) in [5, 5.41) is 11.5. The molecule has 2 aromatic rings. The zero-order chi connectivity index (χ0) is 14.4. The van der Waals surface area contributed by atoms with Crippen molar-refractivity contribution in [3.05, 3.63) is 48.3 Å². The molecule has 0 atom stereocenters. The molecule has 0 spiro atoms. The number of nitrogens with zero attached hydrogens (tertiary/aromatic N) is 2. The van der Waals surface area contributed by atoms with Gasteiger partial charge in [0.1, 0.15) is 5.75 Å². The Labute approximate surface area is 115 Å². The number of rotatable bonds is 5. The number of hydrogen-bond donors (Lipinski definition) is 2. The molecule has 0 aliphatic heterocycles. The van der Waals surface area contributed by atoms with Gasteiger partial charge in [0.2, 0.25) is 5.95 Å². The summed E-state index contributed by atoms with van der Waals surface area (Å²) >= 11 is 0. The Morgan fingerprint density at radius 2 is 2.10 bits per heavy atom. The van der Waals surface area contributed by atoms with E-state index in [-0.39, 0.29) is 0 Å². The van der Waals surface area contributed by atoms with Crippen LogP contribution in [-0.4, -0.2) is 28.2 Å². The molecular weight excluding hydrogens is 258 g/mol. The average Bonchev–Trinajstić information content (AvgIpc) is 2.47. The van der Waals surface area contributed by atoms with Crippen LogP contribution in [0.2, 0.25) is 0 Å². The summed E-state index contributed by atoms with van der Waals surface area (Å²) in [5.74, 6) is 0.144. The zero-order valence-electron chi connectivity index (χ0n) is 10.8. The number of hydrogen-bond acceptors (Lipinski definition) is 5. The topological polar surface area (TPSA) is 84.3 Å². The predicted molar refractivity (Wildman–Crippen MR) is 75.0 cm³/mol. The zero-order valence-corrected chi connectivity index (χ0v) is 10.8. The molecule has 0 fully saturated rings. The number of carbonyl (C=O) groups is 1. The van der Waals surface area contributed by atoms with E-state index in [0.29, 0.717) is 11.5 Å². The number of carboxylic acids is 1.